The minimum atomic E-state index is -0.274. The SMILES string of the molecule is COc1ccc(-n2ncc3c(NCCNC(=O)NC(C)(C)C)nc(C)nc32)cc1. The number of hydrogen-bond donors (Lipinski definition) is 3. The summed E-state index contributed by atoms with van der Waals surface area (Å²) in [5, 5.41) is 14.2. The van der Waals surface area contributed by atoms with Crippen LogP contribution in [0.5, 0.6) is 5.75 Å². The molecule has 0 aliphatic carbocycles. The van der Waals surface area contributed by atoms with Gasteiger partial charge in [0.25, 0.3) is 0 Å². The van der Waals surface area contributed by atoms with Gasteiger partial charge in [-0.05, 0) is 52.0 Å². The maximum absolute atomic E-state index is 11.8. The number of nitrogens with zero attached hydrogens (tertiary/aromatic N) is 4. The smallest absolute Gasteiger partial charge is 0.315 e. The van der Waals surface area contributed by atoms with Crippen molar-refractivity contribution in [2.75, 3.05) is 25.5 Å². The summed E-state index contributed by atoms with van der Waals surface area (Å²) >= 11 is 0. The number of methoxy groups -OCH3 is 1. The van der Waals surface area contributed by atoms with E-state index in [4.69, 9.17) is 4.74 Å². The highest BCUT2D eigenvalue weighted by Gasteiger charge is 2.14. The highest BCUT2D eigenvalue weighted by molar-refractivity contribution is 5.87. The number of rotatable bonds is 6. The van der Waals surface area contributed by atoms with Crippen LogP contribution in [-0.4, -0.2) is 51.5 Å². The first kappa shape index (κ1) is 20.4. The third-order valence-corrected chi connectivity index (χ3v) is 4.05. The predicted molar refractivity (Wildman–Crippen MR) is 113 cm³/mol. The van der Waals surface area contributed by atoms with Gasteiger partial charge < -0.3 is 20.7 Å². The zero-order chi connectivity index (χ0) is 21.0. The summed E-state index contributed by atoms with van der Waals surface area (Å²) in [4.78, 5) is 20.9. The van der Waals surface area contributed by atoms with Crippen molar-refractivity contribution >= 4 is 22.9 Å². The van der Waals surface area contributed by atoms with Crippen LogP contribution in [0.2, 0.25) is 0 Å². The van der Waals surface area contributed by atoms with Gasteiger partial charge in [0.2, 0.25) is 0 Å². The molecule has 0 aliphatic heterocycles. The van der Waals surface area contributed by atoms with E-state index in [1.165, 1.54) is 0 Å². The quantitative estimate of drug-likeness (QED) is 0.552. The molecule has 0 bridgehead atoms. The van der Waals surface area contributed by atoms with Crippen LogP contribution >= 0.6 is 0 Å². The molecule has 0 saturated carbocycles. The molecule has 2 amide bonds. The molecule has 0 spiro atoms. The molecule has 2 heterocycles. The van der Waals surface area contributed by atoms with Gasteiger partial charge in [0.1, 0.15) is 17.4 Å². The summed E-state index contributed by atoms with van der Waals surface area (Å²) in [6, 6.07) is 7.41. The number of nitrogens with one attached hydrogen (secondary N) is 3. The second-order valence-corrected chi connectivity index (χ2v) is 7.67. The molecule has 0 atom stereocenters. The monoisotopic (exact) mass is 397 g/mol. The van der Waals surface area contributed by atoms with Crippen molar-refractivity contribution in [2.24, 2.45) is 0 Å². The number of benzene rings is 1. The number of anilines is 1. The van der Waals surface area contributed by atoms with Crippen molar-refractivity contribution in [1.29, 1.82) is 0 Å². The first-order chi connectivity index (χ1) is 13.8. The summed E-state index contributed by atoms with van der Waals surface area (Å²) in [6.45, 7) is 8.63. The highest BCUT2D eigenvalue weighted by Crippen LogP contribution is 2.23. The van der Waals surface area contributed by atoms with E-state index in [0.29, 0.717) is 30.4 Å². The van der Waals surface area contributed by atoms with E-state index in [9.17, 15) is 4.79 Å². The van der Waals surface area contributed by atoms with E-state index >= 15 is 0 Å². The molecule has 9 heteroatoms. The molecule has 9 nitrogen and oxygen atoms in total. The number of aryl methyl sites for hydroxylation is 1. The average Bonchev–Trinajstić information content (AvgIpc) is 3.07. The zero-order valence-electron chi connectivity index (χ0n) is 17.4. The molecule has 1 aromatic carbocycles. The molecule has 154 valence electrons. The maximum atomic E-state index is 11.8. The number of hydrogen-bond acceptors (Lipinski definition) is 6. The zero-order valence-corrected chi connectivity index (χ0v) is 17.4. The van der Waals surface area contributed by atoms with Crippen LogP contribution in [0.4, 0.5) is 10.6 Å². The van der Waals surface area contributed by atoms with Gasteiger partial charge in [-0.15, -0.1) is 0 Å². The molecular weight excluding hydrogens is 370 g/mol. The Morgan fingerprint density at radius 3 is 2.52 bits per heavy atom. The molecule has 3 N–H and O–H groups in total. The number of amides is 2. The lowest BCUT2D eigenvalue weighted by molar-refractivity contribution is 0.232. The Morgan fingerprint density at radius 1 is 1.14 bits per heavy atom. The van der Waals surface area contributed by atoms with Crippen LogP contribution in [0.1, 0.15) is 26.6 Å². The third-order valence-electron chi connectivity index (χ3n) is 4.05. The fourth-order valence-corrected chi connectivity index (χ4v) is 2.81. The lowest BCUT2D eigenvalue weighted by Crippen LogP contribution is -2.47. The predicted octanol–water partition coefficient (Wildman–Crippen LogP) is 2.64. The molecule has 0 unspecified atom stereocenters. The highest BCUT2D eigenvalue weighted by atomic mass is 16.5. The summed E-state index contributed by atoms with van der Waals surface area (Å²) in [7, 11) is 1.63. The Kier molecular flexibility index (Phi) is 5.86. The van der Waals surface area contributed by atoms with Crippen LogP contribution < -0.4 is 20.7 Å². The first-order valence-corrected chi connectivity index (χ1v) is 9.43. The molecule has 2 aromatic heterocycles. The summed E-state index contributed by atoms with van der Waals surface area (Å²) in [5.41, 5.74) is 1.32. The molecule has 3 aromatic rings. The lowest BCUT2D eigenvalue weighted by atomic mass is 10.1. The van der Waals surface area contributed by atoms with Crippen LogP contribution in [0, 0.1) is 6.92 Å². The average molecular weight is 397 g/mol. The minimum absolute atomic E-state index is 0.198. The molecule has 0 saturated heterocycles. The third kappa shape index (κ3) is 5.13. The second kappa shape index (κ2) is 8.34. The fraction of sp³-hybridized carbons (Fsp3) is 0.400. The van der Waals surface area contributed by atoms with Crippen molar-refractivity contribution in [3.8, 4) is 11.4 Å². The Balaban J connectivity index is 1.72. The fourth-order valence-electron chi connectivity index (χ4n) is 2.81. The number of urea groups is 1. The van der Waals surface area contributed by atoms with E-state index < -0.39 is 0 Å². The van der Waals surface area contributed by atoms with Crippen molar-refractivity contribution < 1.29 is 9.53 Å². The van der Waals surface area contributed by atoms with E-state index in [2.05, 4.69) is 31.0 Å². The molecule has 3 rings (SSSR count). The van der Waals surface area contributed by atoms with E-state index in [0.717, 1.165) is 16.8 Å². The summed E-state index contributed by atoms with van der Waals surface area (Å²) < 4.78 is 6.98. The number of aromatic nitrogens is 4. The van der Waals surface area contributed by atoms with Gasteiger partial charge in [0, 0.05) is 18.6 Å². The normalized spacial score (nSPS) is 11.3. The van der Waals surface area contributed by atoms with Crippen LogP contribution in [0.25, 0.3) is 16.7 Å². The Morgan fingerprint density at radius 2 is 1.86 bits per heavy atom. The first-order valence-electron chi connectivity index (χ1n) is 9.43. The molecule has 0 aliphatic rings. The number of carbonyl (C=O) groups excluding carboxylic acids is 1. The van der Waals surface area contributed by atoms with Gasteiger partial charge in [-0.25, -0.2) is 19.4 Å². The number of carbonyl (C=O) groups is 1. The van der Waals surface area contributed by atoms with Gasteiger partial charge >= 0.3 is 6.03 Å². The lowest BCUT2D eigenvalue weighted by Gasteiger charge is -2.20. The van der Waals surface area contributed by atoms with Crippen molar-refractivity contribution in [2.45, 2.75) is 33.2 Å². The largest absolute Gasteiger partial charge is 0.497 e. The van der Waals surface area contributed by atoms with Gasteiger partial charge in [-0.3, -0.25) is 0 Å². The molecule has 0 radical (unpaired) electrons. The van der Waals surface area contributed by atoms with Crippen LogP contribution in [-0.2, 0) is 0 Å². The molecule has 29 heavy (non-hydrogen) atoms. The van der Waals surface area contributed by atoms with Crippen molar-refractivity contribution in [1.82, 2.24) is 30.4 Å². The topological polar surface area (TPSA) is 106 Å². The second-order valence-electron chi connectivity index (χ2n) is 7.67. The Labute approximate surface area is 169 Å². The van der Waals surface area contributed by atoms with Gasteiger partial charge in [-0.1, -0.05) is 0 Å². The summed E-state index contributed by atoms with van der Waals surface area (Å²) in [6.07, 6.45) is 1.74. The van der Waals surface area contributed by atoms with E-state index in [1.54, 1.807) is 18.0 Å². The van der Waals surface area contributed by atoms with Gasteiger partial charge in [-0.2, -0.15) is 5.10 Å². The van der Waals surface area contributed by atoms with Gasteiger partial charge in [0.05, 0.1) is 24.4 Å². The van der Waals surface area contributed by atoms with E-state index in [1.807, 2.05) is 52.0 Å². The Bertz CT molecular complexity index is 990. The summed E-state index contributed by atoms with van der Waals surface area (Å²) in [5.74, 6) is 2.10. The van der Waals surface area contributed by atoms with Crippen LogP contribution in [0.15, 0.2) is 30.5 Å². The number of ether oxygens (including phenoxy) is 1. The number of fused-ring (bicyclic) bond motifs is 1. The molecular formula is C20H27N7O2. The van der Waals surface area contributed by atoms with E-state index in [-0.39, 0.29) is 11.6 Å². The van der Waals surface area contributed by atoms with Crippen molar-refractivity contribution in [3.63, 3.8) is 0 Å². The van der Waals surface area contributed by atoms with Gasteiger partial charge in [0.15, 0.2) is 5.65 Å². The van der Waals surface area contributed by atoms with Crippen molar-refractivity contribution in [3.05, 3.63) is 36.3 Å². The Hall–Kier alpha value is -3.36. The van der Waals surface area contributed by atoms with Crippen LogP contribution in [0.3, 0.4) is 0 Å². The minimum Gasteiger partial charge on any atom is -0.497 e. The molecule has 0 fully saturated rings. The standard InChI is InChI=1S/C20H27N7O2/c1-13-24-17(21-10-11-22-19(28)26-20(2,3)4)16-12-23-27(18(16)25-13)14-6-8-15(29-5)9-7-14/h6-9,12H,10-11H2,1-5H3,(H,21,24,25)(H2,22,26,28). The maximum Gasteiger partial charge on any atom is 0.315 e.